The molecular formula is C11H12N2OS. The van der Waals surface area contributed by atoms with Crippen molar-refractivity contribution in [3.63, 3.8) is 0 Å². The van der Waals surface area contributed by atoms with Gasteiger partial charge in [-0.1, -0.05) is 42.1 Å². The lowest BCUT2D eigenvalue weighted by Crippen LogP contribution is -2.39. The molecule has 2 rings (SSSR count). The Morgan fingerprint density at radius 3 is 2.60 bits per heavy atom. The van der Waals surface area contributed by atoms with Gasteiger partial charge in [-0.3, -0.25) is 10.2 Å². The standard InChI is InChI=1S/C11H12N2OS/c1-8(14)11(2)13-12-10(15-11)9-6-4-3-5-7-9/h3-7,13H,1-2H3. The molecule has 1 N–H and O–H groups in total. The smallest absolute Gasteiger partial charge is 0.166 e. The molecule has 0 radical (unpaired) electrons. The number of nitrogens with one attached hydrogen (secondary N) is 1. The maximum Gasteiger partial charge on any atom is 0.166 e. The molecule has 0 aromatic heterocycles. The van der Waals surface area contributed by atoms with Crippen LogP contribution in [0.5, 0.6) is 0 Å². The number of hydrogen-bond donors (Lipinski definition) is 1. The lowest BCUT2D eigenvalue weighted by atomic mass is 10.2. The summed E-state index contributed by atoms with van der Waals surface area (Å²) < 4.78 is 0. The highest BCUT2D eigenvalue weighted by atomic mass is 32.2. The van der Waals surface area contributed by atoms with E-state index < -0.39 is 4.87 Å². The Kier molecular flexibility index (Phi) is 2.52. The molecule has 0 spiro atoms. The van der Waals surface area contributed by atoms with Gasteiger partial charge < -0.3 is 0 Å². The minimum atomic E-state index is -0.606. The van der Waals surface area contributed by atoms with Gasteiger partial charge >= 0.3 is 0 Å². The minimum Gasteiger partial charge on any atom is -0.296 e. The normalized spacial score (nSPS) is 24.5. The number of carbonyl (C=O) groups excluding carboxylic acids is 1. The summed E-state index contributed by atoms with van der Waals surface area (Å²) in [5.74, 6) is 0.0854. The van der Waals surface area contributed by atoms with E-state index in [4.69, 9.17) is 0 Å². The molecule has 1 atom stereocenters. The third-order valence-corrected chi connectivity index (χ3v) is 3.67. The maximum absolute atomic E-state index is 11.4. The van der Waals surface area contributed by atoms with Crippen molar-refractivity contribution >= 4 is 22.6 Å². The van der Waals surface area contributed by atoms with Crippen molar-refractivity contribution < 1.29 is 4.79 Å². The first-order valence-corrected chi connectivity index (χ1v) is 5.54. The second-order valence-corrected chi connectivity index (χ2v) is 4.99. The highest BCUT2D eigenvalue weighted by Gasteiger charge is 2.36. The summed E-state index contributed by atoms with van der Waals surface area (Å²) in [5, 5.41) is 5.06. The van der Waals surface area contributed by atoms with E-state index in [1.165, 1.54) is 11.8 Å². The molecule has 0 bridgehead atoms. The average molecular weight is 220 g/mol. The number of benzene rings is 1. The van der Waals surface area contributed by atoms with Crippen LogP contribution < -0.4 is 5.43 Å². The fourth-order valence-corrected chi connectivity index (χ4v) is 2.22. The molecule has 78 valence electrons. The number of nitrogens with zero attached hydrogens (tertiary/aromatic N) is 1. The van der Waals surface area contributed by atoms with Gasteiger partial charge in [-0.2, -0.15) is 5.10 Å². The van der Waals surface area contributed by atoms with Crippen LogP contribution in [0.2, 0.25) is 0 Å². The van der Waals surface area contributed by atoms with Crippen molar-refractivity contribution in [3.8, 4) is 0 Å². The van der Waals surface area contributed by atoms with E-state index in [9.17, 15) is 4.79 Å². The molecule has 0 saturated carbocycles. The van der Waals surface area contributed by atoms with E-state index >= 15 is 0 Å². The number of hydrazone groups is 1. The fourth-order valence-electron chi connectivity index (χ4n) is 1.25. The van der Waals surface area contributed by atoms with Crippen LogP contribution in [-0.2, 0) is 4.79 Å². The van der Waals surface area contributed by atoms with Crippen molar-refractivity contribution in [2.75, 3.05) is 0 Å². The van der Waals surface area contributed by atoms with Gasteiger partial charge in [0.2, 0.25) is 0 Å². The molecule has 1 aliphatic heterocycles. The van der Waals surface area contributed by atoms with Gasteiger partial charge in [0.05, 0.1) is 0 Å². The fraction of sp³-hybridized carbons (Fsp3) is 0.273. The van der Waals surface area contributed by atoms with Crippen LogP contribution in [0.4, 0.5) is 0 Å². The van der Waals surface area contributed by atoms with Crippen LogP contribution in [0.15, 0.2) is 35.4 Å². The number of ketones is 1. The Hall–Kier alpha value is -1.29. The molecular weight excluding hydrogens is 208 g/mol. The Morgan fingerprint density at radius 2 is 2.07 bits per heavy atom. The lowest BCUT2D eigenvalue weighted by molar-refractivity contribution is -0.119. The molecule has 4 heteroatoms. The summed E-state index contributed by atoms with van der Waals surface area (Å²) in [6.07, 6.45) is 0. The first-order valence-electron chi connectivity index (χ1n) is 4.72. The van der Waals surface area contributed by atoms with Crippen LogP contribution >= 0.6 is 11.8 Å². The van der Waals surface area contributed by atoms with E-state index in [0.29, 0.717) is 0 Å². The van der Waals surface area contributed by atoms with Crippen LogP contribution in [-0.4, -0.2) is 15.7 Å². The van der Waals surface area contributed by atoms with Crippen molar-refractivity contribution in [2.24, 2.45) is 5.10 Å². The maximum atomic E-state index is 11.4. The van der Waals surface area contributed by atoms with Gasteiger partial charge in [-0.05, 0) is 13.8 Å². The topological polar surface area (TPSA) is 41.5 Å². The molecule has 1 aliphatic rings. The number of thioether (sulfide) groups is 1. The van der Waals surface area contributed by atoms with Crippen molar-refractivity contribution in [3.05, 3.63) is 35.9 Å². The monoisotopic (exact) mass is 220 g/mol. The van der Waals surface area contributed by atoms with Crippen molar-refractivity contribution in [1.29, 1.82) is 0 Å². The Labute approximate surface area is 93.0 Å². The highest BCUT2D eigenvalue weighted by molar-refractivity contribution is 8.16. The van der Waals surface area contributed by atoms with Gasteiger partial charge in [-0.25, -0.2) is 0 Å². The van der Waals surface area contributed by atoms with Crippen molar-refractivity contribution in [1.82, 2.24) is 5.43 Å². The molecule has 0 saturated heterocycles. The summed E-state index contributed by atoms with van der Waals surface area (Å²) in [6.45, 7) is 3.42. The molecule has 1 aromatic carbocycles. The summed E-state index contributed by atoms with van der Waals surface area (Å²) in [7, 11) is 0. The number of Topliss-reactive ketones (excluding diaryl/α,β-unsaturated/α-hetero) is 1. The number of hydrogen-bond acceptors (Lipinski definition) is 4. The Morgan fingerprint density at radius 1 is 1.40 bits per heavy atom. The lowest BCUT2D eigenvalue weighted by Gasteiger charge is -2.18. The summed E-state index contributed by atoms with van der Waals surface area (Å²) >= 11 is 1.46. The van der Waals surface area contributed by atoms with E-state index in [-0.39, 0.29) is 5.78 Å². The van der Waals surface area contributed by atoms with Crippen LogP contribution in [0.25, 0.3) is 0 Å². The van der Waals surface area contributed by atoms with Crippen molar-refractivity contribution in [2.45, 2.75) is 18.7 Å². The summed E-state index contributed by atoms with van der Waals surface area (Å²) in [6, 6.07) is 9.85. The first-order chi connectivity index (χ1) is 7.12. The first kappa shape index (κ1) is 10.2. The Bertz CT molecular complexity index is 416. The van der Waals surface area contributed by atoms with E-state index in [1.807, 2.05) is 37.3 Å². The van der Waals surface area contributed by atoms with E-state index in [2.05, 4.69) is 10.5 Å². The molecule has 1 unspecified atom stereocenters. The molecule has 15 heavy (non-hydrogen) atoms. The van der Waals surface area contributed by atoms with Gasteiger partial charge in [-0.15, -0.1) is 0 Å². The predicted octanol–water partition coefficient (Wildman–Crippen LogP) is 1.99. The van der Waals surface area contributed by atoms with Gasteiger partial charge in [0.25, 0.3) is 0 Å². The molecule has 0 amide bonds. The number of carbonyl (C=O) groups is 1. The third-order valence-electron chi connectivity index (χ3n) is 2.36. The Balaban J connectivity index is 2.21. The van der Waals surface area contributed by atoms with E-state index in [1.54, 1.807) is 6.92 Å². The summed E-state index contributed by atoms with van der Waals surface area (Å²) in [4.78, 5) is 10.8. The van der Waals surface area contributed by atoms with Gasteiger partial charge in [0.1, 0.15) is 5.04 Å². The highest BCUT2D eigenvalue weighted by Crippen LogP contribution is 2.32. The quantitative estimate of drug-likeness (QED) is 0.828. The zero-order valence-corrected chi connectivity index (χ0v) is 9.47. The molecule has 0 fully saturated rings. The zero-order chi connectivity index (χ0) is 10.9. The SMILES string of the molecule is CC(=O)C1(C)NN=C(c2ccccc2)S1. The molecule has 0 aliphatic carbocycles. The molecule has 3 nitrogen and oxygen atoms in total. The third kappa shape index (κ3) is 1.90. The minimum absolute atomic E-state index is 0.0854. The second kappa shape index (κ2) is 3.70. The van der Waals surface area contributed by atoms with Crippen LogP contribution in [0, 0.1) is 0 Å². The van der Waals surface area contributed by atoms with Gasteiger partial charge in [0.15, 0.2) is 10.7 Å². The predicted molar refractivity (Wildman–Crippen MR) is 62.8 cm³/mol. The second-order valence-electron chi connectivity index (χ2n) is 3.59. The number of rotatable bonds is 2. The average Bonchev–Trinajstić information content (AvgIpc) is 2.64. The molecule has 1 aromatic rings. The molecule has 1 heterocycles. The zero-order valence-electron chi connectivity index (χ0n) is 8.65. The van der Waals surface area contributed by atoms with Crippen LogP contribution in [0.1, 0.15) is 19.4 Å². The summed E-state index contributed by atoms with van der Waals surface area (Å²) in [5.41, 5.74) is 3.92. The largest absolute Gasteiger partial charge is 0.296 e. The van der Waals surface area contributed by atoms with Crippen LogP contribution in [0.3, 0.4) is 0 Å². The van der Waals surface area contributed by atoms with E-state index in [0.717, 1.165) is 10.6 Å². The van der Waals surface area contributed by atoms with Gasteiger partial charge in [0, 0.05) is 5.56 Å².